The van der Waals surface area contributed by atoms with Gasteiger partial charge in [-0.1, -0.05) is 20.8 Å². The van der Waals surface area contributed by atoms with Gasteiger partial charge in [-0.2, -0.15) is 0 Å². The monoisotopic (exact) mass is 208 g/mol. The molecule has 0 radical (unpaired) electrons. The Kier molecular flexibility index (Phi) is 4.03. The molecule has 0 atom stereocenters. The van der Waals surface area contributed by atoms with Crippen molar-refractivity contribution in [2.45, 2.75) is 27.2 Å². The maximum Gasteiger partial charge on any atom is 0.222 e. The van der Waals surface area contributed by atoms with Crippen LogP contribution in [0.1, 0.15) is 26.3 Å². The van der Waals surface area contributed by atoms with Crippen molar-refractivity contribution in [3.05, 3.63) is 18.0 Å². The van der Waals surface area contributed by atoms with Crippen LogP contribution in [0.3, 0.4) is 0 Å². The quantitative estimate of drug-likeness (QED) is 0.785. The first kappa shape index (κ1) is 11.9. The Morgan fingerprint density at radius 2 is 1.87 bits per heavy atom. The number of rotatable bonds is 4. The van der Waals surface area contributed by atoms with Gasteiger partial charge in [0.1, 0.15) is 0 Å². The van der Waals surface area contributed by atoms with Crippen molar-refractivity contribution in [3.63, 3.8) is 0 Å². The van der Waals surface area contributed by atoms with Gasteiger partial charge in [0.05, 0.1) is 0 Å². The van der Waals surface area contributed by atoms with Crippen LogP contribution >= 0.6 is 0 Å². The van der Waals surface area contributed by atoms with Crippen molar-refractivity contribution in [3.8, 4) is 0 Å². The molecule has 0 saturated carbocycles. The highest BCUT2D eigenvalue weighted by molar-refractivity contribution is 5.24. The number of nitrogens with one attached hydrogen (secondary N) is 1. The van der Waals surface area contributed by atoms with E-state index in [0.29, 0.717) is 19.0 Å². The second-order valence-electron chi connectivity index (χ2n) is 4.87. The van der Waals surface area contributed by atoms with Crippen molar-refractivity contribution in [2.24, 2.45) is 11.1 Å². The molecule has 0 aliphatic heterocycles. The van der Waals surface area contributed by atoms with E-state index in [-0.39, 0.29) is 5.41 Å². The van der Waals surface area contributed by atoms with Gasteiger partial charge < -0.3 is 11.1 Å². The summed E-state index contributed by atoms with van der Waals surface area (Å²) in [5.41, 5.74) is 6.81. The fourth-order valence-electron chi connectivity index (χ4n) is 1.33. The van der Waals surface area contributed by atoms with Gasteiger partial charge in [-0.15, -0.1) is 0 Å². The number of nitrogens with two attached hydrogens (primary N) is 1. The van der Waals surface area contributed by atoms with Gasteiger partial charge in [-0.05, 0) is 17.4 Å². The van der Waals surface area contributed by atoms with Gasteiger partial charge in [0.15, 0.2) is 0 Å². The number of aromatic nitrogens is 2. The van der Waals surface area contributed by atoms with Crippen LogP contribution in [0, 0.1) is 5.41 Å². The zero-order valence-electron chi connectivity index (χ0n) is 9.75. The Morgan fingerprint density at radius 3 is 2.33 bits per heavy atom. The Morgan fingerprint density at radius 1 is 1.27 bits per heavy atom. The lowest BCUT2D eigenvalue weighted by Gasteiger charge is -2.17. The van der Waals surface area contributed by atoms with E-state index >= 15 is 0 Å². The summed E-state index contributed by atoms with van der Waals surface area (Å²) < 4.78 is 0. The molecule has 0 aromatic carbocycles. The minimum Gasteiger partial charge on any atom is -0.353 e. The van der Waals surface area contributed by atoms with E-state index in [4.69, 9.17) is 5.73 Å². The maximum absolute atomic E-state index is 5.37. The summed E-state index contributed by atoms with van der Waals surface area (Å²) in [6.07, 6.45) is 4.73. The average Bonchev–Trinajstić information content (AvgIpc) is 2.14. The first-order chi connectivity index (χ1) is 7.01. The summed E-state index contributed by atoms with van der Waals surface area (Å²) in [4.78, 5) is 8.45. The Hall–Kier alpha value is -1.16. The summed E-state index contributed by atoms with van der Waals surface area (Å²) >= 11 is 0. The minimum atomic E-state index is 0.273. The second-order valence-corrected chi connectivity index (χ2v) is 4.87. The standard InChI is InChI=1S/C11H20N4/c1-11(2,3)6-9-7-14-10(15-8-9)13-5-4-12/h7-8H,4-6,12H2,1-3H3,(H,13,14,15). The highest BCUT2D eigenvalue weighted by Crippen LogP contribution is 2.19. The molecule has 0 fully saturated rings. The molecule has 84 valence electrons. The molecule has 0 unspecified atom stereocenters. The van der Waals surface area contributed by atoms with Crippen molar-refractivity contribution in [1.82, 2.24) is 9.97 Å². The minimum absolute atomic E-state index is 0.273. The summed E-state index contributed by atoms with van der Waals surface area (Å²) in [7, 11) is 0. The highest BCUT2D eigenvalue weighted by atomic mass is 15.1. The second kappa shape index (κ2) is 5.07. The topological polar surface area (TPSA) is 63.8 Å². The number of hydrogen-bond acceptors (Lipinski definition) is 4. The van der Waals surface area contributed by atoms with Crippen LogP contribution in [0.15, 0.2) is 12.4 Å². The number of nitrogens with zero attached hydrogens (tertiary/aromatic N) is 2. The van der Waals surface area contributed by atoms with Crippen molar-refractivity contribution < 1.29 is 0 Å². The van der Waals surface area contributed by atoms with Crippen LogP contribution in [-0.4, -0.2) is 23.1 Å². The fraction of sp³-hybridized carbons (Fsp3) is 0.636. The van der Waals surface area contributed by atoms with Gasteiger partial charge in [0.25, 0.3) is 0 Å². The highest BCUT2D eigenvalue weighted by Gasteiger charge is 2.11. The fourth-order valence-corrected chi connectivity index (χ4v) is 1.33. The van der Waals surface area contributed by atoms with Crippen LogP contribution in [0.4, 0.5) is 5.95 Å². The van der Waals surface area contributed by atoms with E-state index in [0.717, 1.165) is 6.42 Å². The summed E-state index contributed by atoms with van der Waals surface area (Å²) in [6.45, 7) is 7.90. The van der Waals surface area contributed by atoms with Crippen molar-refractivity contribution in [1.29, 1.82) is 0 Å². The van der Waals surface area contributed by atoms with Gasteiger partial charge in [-0.25, -0.2) is 9.97 Å². The Bertz CT molecular complexity index is 286. The summed E-state index contributed by atoms with van der Waals surface area (Å²) in [5.74, 6) is 0.651. The molecule has 0 amide bonds. The largest absolute Gasteiger partial charge is 0.353 e. The molecular weight excluding hydrogens is 188 g/mol. The van der Waals surface area contributed by atoms with Crippen LogP contribution in [0.5, 0.6) is 0 Å². The van der Waals surface area contributed by atoms with E-state index in [9.17, 15) is 0 Å². The molecule has 4 heteroatoms. The zero-order valence-corrected chi connectivity index (χ0v) is 9.75. The molecule has 15 heavy (non-hydrogen) atoms. The molecule has 0 spiro atoms. The number of anilines is 1. The summed E-state index contributed by atoms with van der Waals surface area (Å²) in [5, 5.41) is 3.04. The molecular formula is C11H20N4. The molecule has 1 aromatic rings. The van der Waals surface area contributed by atoms with Crippen LogP contribution < -0.4 is 11.1 Å². The third kappa shape index (κ3) is 4.74. The van der Waals surface area contributed by atoms with Gasteiger partial charge in [0.2, 0.25) is 5.95 Å². The van der Waals surface area contributed by atoms with Gasteiger partial charge >= 0.3 is 0 Å². The lowest BCUT2D eigenvalue weighted by Crippen LogP contribution is -2.15. The van der Waals surface area contributed by atoms with E-state index in [2.05, 4.69) is 36.1 Å². The lowest BCUT2D eigenvalue weighted by atomic mass is 9.89. The molecule has 0 bridgehead atoms. The third-order valence-corrected chi connectivity index (χ3v) is 1.87. The molecule has 1 aromatic heterocycles. The normalized spacial score (nSPS) is 11.5. The van der Waals surface area contributed by atoms with E-state index < -0.39 is 0 Å². The van der Waals surface area contributed by atoms with E-state index in [1.165, 1.54) is 5.56 Å². The number of hydrogen-bond donors (Lipinski definition) is 2. The first-order valence-corrected chi connectivity index (χ1v) is 5.26. The lowest BCUT2D eigenvalue weighted by molar-refractivity contribution is 0.410. The van der Waals surface area contributed by atoms with Crippen LogP contribution in [-0.2, 0) is 6.42 Å². The van der Waals surface area contributed by atoms with Crippen LogP contribution in [0.2, 0.25) is 0 Å². The molecule has 0 aliphatic carbocycles. The van der Waals surface area contributed by atoms with E-state index in [1.807, 2.05) is 12.4 Å². The molecule has 0 aliphatic rings. The van der Waals surface area contributed by atoms with Gasteiger partial charge in [0, 0.05) is 25.5 Å². The molecule has 4 nitrogen and oxygen atoms in total. The Labute approximate surface area is 91.3 Å². The molecule has 3 N–H and O–H groups in total. The zero-order chi connectivity index (χ0) is 11.3. The van der Waals surface area contributed by atoms with E-state index in [1.54, 1.807) is 0 Å². The smallest absolute Gasteiger partial charge is 0.222 e. The predicted molar refractivity (Wildman–Crippen MR) is 62.7 cm³/mol. The maximum atomic E-state index is 5.37. The molecule has 0 saturated heterocycles. The van der Waals surface area contributed by atoms with Gasteiger partial charge in [-0.3, -0.25) is 0 Å². The molecule has 1 rings (SSSR count). The first-order valence-electron chi connectivity index (χ1n) is 5.26. The van der Waals surface area contributed by atoms with Crippen molar-refractivity contribution >= 4 is 5.95 Å². The van der Waals surface area contributed by atoms with Crippen LogP contribution in [0.25, 0.3) is 0 Å². The molecule has 1 heterocycles. The van der Waals surface area contributed by atoms with Crippen molar-refractivity contribution in [2.75, 3.05) is 18.4 Å². The summed E-state index contributed by atoms with van der Waals surface area (Å²) in [6, 6.07) is 0. The SMILES string of the molecule is CC(C)(C)Cc1cnc(NCCN)nc1. The predicted octanol–water partition coefficient (Wildman–Crippen LogP) is 1.44. The average molecular weight is 208 g/mol. The third-order valence-electron chi connectivity index (χ3n) is 1.87. The Balaban J connectivity index is 2.56.